The lowest BCUT2D eigenvalue weighted by Crippen LogP contribution is -2.42. The molecule has 0 aliphatic heterocycles. The van der Waals surface area contributed by atoms with Crippen LogP contribution in [0.4, 0.5) is 0 Å². The Labute approximate surface area is 181 Å². The Hall–Kier alpha value is -1.35. The molecule has 154 valence electrons. The molecule has 0 fully saturated rings. The number of carbonyl (C=O) groups is 1. The first-order valence-corrected chi connectivity index (χ1v) is 9.51. The van der Waals surface area contributed by atoms with Crippen LogP contribution in [0.1, 0.15) is 45.8 Å². The van der Waals surface area contributed by atoms with Crippen LogP contribution in [0.5, 0.6) is 0 Å². The third-order valence-corrected chi connectivity index (χ3v) is 3.79. The maximum Gasteiger partial charge on any atom is 0.222 e. The van der Waals surface area contributed by atoms with E-state index in [0.29, 0.717) is 26.2 Å². The molecule has 0 saturated carbocycles. The Morgan fingerprint density at radius 2 is 1.74 bits per heavy atom. The first-order valence-electron chi connectivity index (χ1n) is 9.51. The summed E-state index contributed by atoms with van der Waals surface area (Å²) >= 11 is 0. The summed E-state index contributed by atoms with van der Waals surface area (Å²) < 4.78 is 5.86. The fourth-order valence-electron chi connectivity index (χ4n) is 2.25. The van der Waals surface area contributed by atoms with Crippen LogP contribution in [0.3, 0.4) is 0 Å². The number of nitrogens with one attached hydrogen (secondary N) is 3. The van der Waals surface area contributed by atoms with Crippen LogP contribution in [0, 0.1) is 5.92 Å². The number of hydrogen-bond acceptors (Lipinski definition) is 3. The van der Waals surface area contributed by atoms with E-state index in [0.717, 1.165) is 18.9 Å². The first kappa shape index (κ1) is 25.6. The van der Waals surface area contributed by atoms with Gasteiger partial charge in [0.1, 0.15) is 0 Å². The number of halogens is 1. The summed E-state index contributed by atoms with van der Waals surface area (Å²) in [4.78, 5) is 16.1. The van der Waals surface area contributed by atoms with Crippen molar-refractivity contribution in [2.24, 2.45) is 10.9 Å². The molecule has 1 aromatic rings. The van der Waals surface area contributed by atoms with Crippen molar-refractivity contribution in [2.45, 2.75) is 40.2 Å². The SMILES string of the molecule is CCNC(=NCCCOC(C)c1ccccc1)NCCNC(=O)C(C)C.I. The zero-order valence-corrected chi connectivity index (χ0v) is 19.3. The molecule has 0 aliphatic rings. The van der Waals surface area contributed by atoms with E-state index in [9.17, 15) is 4.79 Å². The summed E-state index contributed by atoms with van der Waals surface area (Å²) in [5.74, 6) is 0.844. The summed E-state index contributed by atoms with van der Waals surface area (Å²) in [7, 11) is 0. The number of hydrogen-bond donors (Lipinski definition) is 3. The summed E-state index contributed by atoms with van der Waals surface area (Å²) in [6.45, 7) is 11.2. The Morgan fingerprint density at radius 3 is 2.37 bits per heavy atom. The second-order valence-electron chi connectivity index (χ2n) is 6.41. The van der Waals surface area contributed by atoms with Gasteiger partial charge in [0.25, 0.3) is 0 Å². The summed E-state index contributed by atoms with van der Waals surface area (Å²) in [5, 5.41) is 9.31. The Bertz CT molecular complexity index is 538. The molecule has 0 aromatic heterocycles. The number of amides is 1. The van der Waals surface area contributed by atoms with E-state index in [1.807, 2.05) is 39.0 Å². The normalized spacial score (nSPS) is 12.3. The largest absolute Gasteiger partial charge is 0.374 e. The van der Waals surface area contributed by atoms with Gasteiger partial charge >= 0.3 is 0 Å². The number of nitrogens with zero attached hydrogens (tertiary/aromatic N) is 1. The van der Waals surface area contributed by atoms with Crippen LogP contribution in [-0.4, -0.2) is 44.7 Å². The molecule has 1 aromatic carbocycles. The fourth-order valence-corrected chi connectivity index (χ4v) is 2.25. The maximum atomic E-state index is 11.5. The average Bonchev–Trinajstić information content (AvgIpc) is 2.64. The number of guanidine groups is 1. The van der Waals surface area contributed by atoms with Gasteiger partial charge in [-0.3, -0.25) is 9.79 Å². The molecule has 27 heavy (non-hydrogen) atoms. The molecule has 1 unspecified atom stereocenters. The lowest BCUT2D eigenvalue weighted by Gasteiger charge is -2.14. The zero-order valence-electron chi connectivity index (χ0n) is 17.0. The zero-order chi connectivity index (χ0) is 19.2. The van der Waals surface area contributed by atoms with Gasteiger partial charge in [0.2, 0.25) is 5.91 Å². The number of aliphatic imine (C=N–C) groups is 1. The smallest absolute Gasteiger partial charge is 0.222 e. The van der Waals surface area contributed by atoms with Crippen LogP contribution in [0.15, 0.2) is 35.3 Å². The summed E-state index contributed by atoms with van der Waals surface area (Å²) in [5.41, 5.74) is 1.19. The third-order valence-electron chi connectivity index (χ3n) is 3.79. The topological polar surface area (TPSA) is 74.8 Å². The van der Waals surface area contributed by atoms with Crippen molar-refractivity contribution in [1.82, 2.24) is 16.0 Å². The predicted molar refractivity (Wildman–Crippen MR) is 123 cm³/mol. The molecule has 0 aliphatic carbocycles. The Balaban J connectivity index is 0.00000676. The van der Waals surface area contributed by atoms with E-state index in [1.54, 1.807) is 0 Å². The van der Waals surface area contributed by atoms with Gasteiger partial charge in [-0.1, -0.05) is 44.2 Å². The molecule has 0 heterocycles. The van der Waals surface area contributed by atoms with Gasteiger partial charge in [-0.25, -0.2) is 0 Å². The molecule has 1 atom stereocenters. The minimum Gasteiger partial charge on any atom is -0.374 e. The minimum absolute atomic E-state index is 0. The van der Waals surface area contributed by atoms with Gasteiger partial charge in [-0.05, 0) is 25.8 Å². The molecule has 1 rings (SSSR count). The van der Waals surface area contributed by atoms with Crippen molar-refractivity contribution in [3.05, 3.63) is 35.9 Å². The summed E-state index contributed by atoms with van der Waals surface area (Å²) in [6, 6.07) is 10.2. The molecule has 0 saturated heterocycles. The molecular formula is C20H35IN4O2. The lowest BCUT2D eigenvalue weighted by atomic mass is 10.1. The van der Waals surface area contributed by atoms with E-state index >= 15 is 0 Å². The van der Waals surface area contributed by atoms with Crippen LogP contribution >= 0.6 is 24.0 Å². The fraction of sp³-hybridized carbons (Fsp3) is 0.600. The molecule has 7 heteroatoms. The Morgan fingerprint density at radius 1 is 1.07 bits per heavy atom. The highest BCUT2D eigenvalue weighted by Crippen LogP contribution is 2.15. The van der Waals surface area contributed by atoms with Crippen LogP contribution in [0.25, 0.3) is 0 Å². The van der Waals surface area contributed by atoms with E-state index in [2.05, 4.69) is 40.0 Å². The highest BCUT2D eigenvalue weighted by molar-refractivity contribution is 14.0. The lowest BCUT2D eigenvalue weighted by molar-refractivity contribution is -0.123. The van der Waals surface area contributed by atoms with Crippen molar-refractivity contribution in [3.63, 3.8) is 0 Å². The van der Waals surface area contributed by atoms with Gasteiger partial charge in [-0.2, -0.15) is 0 Å². The van der Waals surface area contributed by atoms with Gasteiger partial charge in [-0.15, -0.1) is 24.0 Å². The third kappa shape index (κ3) is 11.9. The van der Waals surface area contributed by atoms with Crippen LogP contribution in [-0.2, 0) is 9.53 Å². The van der Waals surface area contributed by atoms with E-state index < -0.39 is 0 Å². The van der Waals surface area contributed by atoms with Gasteiger partial charge in [0, 0.05) is 38.7 Å². The standard InChI is InChI=1S/C20H34N4O2.HI/c1-5-21-20(24-14-13-22-19(25)16(2)3)23-12-9-15-26-17(4)18-10-7-6-8-11-18;/h6-8,10-11,16-17H,5,9,12-15H2,1-4H3,(H,22,25)(H2,21,23,24);1H. The van der Waals surface area contributed by atoms with Crippen LogP contribution in [0.2, 0.25) is 0 Å². The van der Waals surface area contributed by atoms with Crippen molar-refractivity contribution in [3.8, 4) is 0 Å². The maximum absolute atomic E-state index is 11.5. The summed E-state index contributed by atoms with van der Waals surface area (Å²) in [6.07, 6.45) is 0.953. The van der Waals surface area contributed by atoms with E-state index in [1.165, 1.54) is 5.56 Å². The van der Waals surface area contributed by atoms with Crippen molar-refractivity contribution in [1.29, 1.82) is 0 Å². The Kier molecular flexibility index (Phi) is 14.9. The van der Waals surface area contributed by atoms with Crippen molar-refractivity contribution in [2.75, 3.05) is 32.8 Å². The number of ether oxygens (including phenoxy) is 1. The van der Waals surface area contributed by atoms with Crippen molar-refractivity contribution < 1.29 is 9.53 Å². The second-order valence-corrected chi connectivity index (χ2v) is 6.41. The number of benzene rings is 1. The highest BCUT2D eigenvalue weighted by atomic mass is 127. The molecule has 6 nitrogen and oxygen atoms in total. The first-order chi connectivity index (χ1) is 12.5. The monoisotopic (exact) mass is 490 g/mol. The molecular weight excluding hydrogens is 455 g/mol. The molecule has 0 bridgehead atoms. The quantitative estimate of drug-likeness (QED) is 0.193. The number of rotatable bonds is 11. The highest BCUT2D eigenvalue weighted by Gasteiger charge is 2.06. The number of carbonyl (C=O) groups excluding carboxylic acids is 1. The van der Waals surface area contributed by atoms with E-state index in [4.69, 9.17) is 4.74 Å². The molecule has 1 amide bonds. The average molecular weight is 490 g/mol. The molecule has 0 spiro atoms. The van der Waals surface area contributed by atoms with Gasteiger partial charge in [0.05, 0.1) is 6.10 Å². The van der Waals surface area contributed by atoms with Crippen molar-refractivity contribution >= 4 is 35.8 Å². The van der Waals surface area contributed by atoms with Gasteiger partial charge in [0.15, 0.2) is 5.96 Å². The van der Waals surface area contributed by atoms with Gasteiger partial charge < -0.3 is 20.7 Å². The second kappa shape index (κ2) is 15.7. The predicted octanol–water partition coefficient (Wildman–Crippen LogP) is 3.10. The molecule has 0 radical (unpaired) electrons. The molecule has 3 N–H and O–H groups in total. The van der Waals surface area contributed by atoms with E-state index in [-0.39, 0.29) is 41.9 Å². The van der Waals surface area contributed by atoms with Crippen LogP contribution < -0.4 is 16.0 Å². The minimum atomic E-state index is 0.